The zero-order valence-corrected chi connectivity index (χ0v) is 15.1. The van der Waals surface area contributed by atoms with Crippen LogP contribution in [0.15, 0.2) is 48.0 Å². The zero-order chi connectivity index (χ0) is 18.2. The Morgan fingerprint density at radius 3 is 2.68 bits per heavy atom. The van der Waals surface area contributed by atoms with Crippen LogP contribution in [-0.2, 0) is 4.79 Å². The molecule has 0 unspecified atom stereocenters. The van der Waals surface area contributed by atoms with Gasteiger partial charge in [-0.05, 0) is 36.8 Å². The van der Waals surface area contributed by atoms with Crippen molar-refractivity contribution in [1.29, 1.82) is 5.26 Å². The lowest BCUT2D eigenvalue weighted by Crippen LogP contribution is -2.13. The molecule has 6 heteroatoms. The van der Waals surface area contributed by atoms with Crippen LogP contribution in [0, 0.1) is 11.3 Å². The monoisotopic (exact) mass is 374 g/mol. The van der Waals surface area contributed by atoms with Crippen molar-refractivity contribution in [1.82, 2.24) is 0 Å². The van der Waals surface area contributed by atoms with E-state index in [1.165, 1.54) is 12.1 Å². The van der Waals surface area contributed by atoms with Crippen LogP contribution in [0.1, 0.15) is 18.9 Å². The average molecular weight is 375 g/mol. The van der Waals surface area contributed by atoms with Crippen LogP contribution in [0.2, 0.25) is 10.0 Å². The number of carbonyl (C=O) groups is 1. The van der Waals surface area contributed by atoms with Crippen LogP contribution in [0.5, 0.6) is 5.75 Å². The number of ether oxygens (including phenoxy) is 1. The number of nitrogens with zero attached hydrogens (tertiary/aromatic N) is 1. The minimum absolute atomic E-state index is 0.0429. The Morgan fingerprint density at radius 2 is 2.00 bits per heavy atom. The Kier molecular flexibility index (Phi) is 6.88. The van der Waals surface area contributed by atoms with E-state index in [0.29, 0.717) is 33.7 Å². The van der Waals surface area contributed by atoms with Gasteiger partial charge in [0.15, 0.2) is 0 Å². The van der Waals surface area contributed by atoms with Gasteiger partial charge in [0.2, 0.25) is 0 Å². The highest BCUT2D eigenvalue weighted by Gasteiger charge is 2.12. The maximum atomic E-state index is 12.4. The normalized spacial score (nSPS) is 10.9. The molecule has 0 saturated heterocycles. The molecular formula is C19H16Cl2N2O2. The lowest BCUT2D eigenvalue weighted by Gasteiger charge is -2.09. The molecule has 0 aliphatic carbocycles. The number of anilines is 1. The second kappa shape index (κ2) is 9.12. The van der Waals surface area contributed by atoms with Crippen molar-refractivity contribution >= 4 is 40.9 Å². The fourth-order valence-corrected chi connectivity index (χ4v) is 2.32. The molecule has 0 aliphatic rings. The maximum Gasteiger partial charge on any atom is 0.266 e. The van der Waals surface area contributed by atoms with Gasteiger partial charge in [0.1, 0.15) is 17.4 Å². The summed E-state index contributed by atoms with van der Waals surface area (Å²) in [6.07, 6.45) is 2.36. The first-order valence-corrected chi connectivity index (χ1v) is 8.40. The highest BCUT2D eigenvalue weighted by atomic mass is 35.5. The number of nitrogens with one attached hydrogen (secondary N) is 1. The second-order valence-corrected chi connectivity index (χ2v) is 5.95. The molecule has 0 spiro atoms. The summed E-state index contributed by atoms with van der Waals surface area (Å²) in [4.78, 5) is 12.4. The summed E-state index contributed by atoms with van der Waals surface area (Å²) in [6.45, 7) is 2.56. The smallest absolute Gasteiger partial charge is 0.266 e. The fraction of sp³-hybridized carbons (Fsp3) is 0.158. The molecule has 0 aromatic heterocycles. The predicted octanol–water partition coefficient (Wildman–Crippen LogP) is 5.33. The molecule has 4 nitrogen and oxygen atoms in total. The third-order valence-corrected chi connectivity index (χ3v) is 3.96. The molecule has 128 valence electrons. The molecule has 1 N–H and O–H groups in total. The van der Waals surface area contributed by atoms with E-state index in [1.54, 1.807) is 24.3 Å². The number of halogens is 2. The van der Waals surface area contributed by atoms with Gasteiger partial charge >= 0.3 is 0 Å². The number of rotatable bonds is 6. The van der Waals surface area contributed by atoms with Gasteiger partial charge in [0.25, 0.3) is 5.91 Å². The highest BCUT2D eigenvalue weighted by Crippen LogP contribution is 2.26. The van der Waals surface area contributed by atoms with Crippen LogP contribution in [-0.4, -0.2) is 12.5 Å². The lowest BCUT2D eigenvalue weighted by molar-refractivity contribution is -0.112. The first-order chi connectivity index (χ1) is 12.0. The molecule has 0 aliphatic heterocycles. The van der Waals surface area contributed by atoms with E-state index in [0.717, 1.165) is 6.42 Å². The number of carbonyl (C=O) groups excluding carboxylic acids is 1. The zero-order valence-electron chi connectivity index (χ0n) is 13.6. The van der Waals surface area contributed by atoms with Crippen molar-refractivity contribution in [2.75, 3.05) is 11.9 Å². The summed E-state index contributed by atoms with van der Waals surface area (Å²) >= 11 is 11.8. The topological polar surface area (TPSA) is 62.1 Å². The summed E-state index contributed by atoms with van der Waals surface area (Å²) in [5.41, 5.74) is 1.08. The molecule has 2 aromatic carbocycles. The summed E-state index contributed by atoms with van der Waals surface area (Å²) in [7, 11) is 0. The van der Waals surface area contributed by atoms with E-state index in [9.17, 15) is 10.1 Å². The first-order valence-electron chi connectivity index (χ1n) is 7.65. The molecule has 1 amide bonds. The van der Waals surface area contributed by atoms with Gasteiger partial charge in [-0.3, -0.25) is 4.79 Å². The molecule has 0 radical (unpaired) electrons. The molecule has 0 bridgehead atoms. The molecular weight excluding hydrogens is 359 g/mol. The molecule has 0 heterocycles. The van der Waals surface area contributed by atoms with Gasteiger partial charge in [-0.1, -0.05) is 48.3 Å². The Hall–Kier alpha value is -2.48. The molecule has 0 atom stereocenters. The number of amides is 1. The van der Waals surface area contributed by atoms with Crippen LogP contribution in [0.25, 0.3) is 6.08 Å². The van der Waals surface area contributed by atoms with Crippen LogP contribution >= 0.6 is 23.2 Å². The van der Waals surface area contributed by atoms with Gasteiger partial charge < -0.3 is 10.1 Å². The maximum absolute atomic E-state index is 12.4. The van der Waals surface area contributed by atoms with Crippen molar-refractivity contribution < 1.29 is 9.53 Å². The number of hydrogen-bond donors (Lipinski definition) is 1. The van der Waals surface area contributed by atoms with Gasteiger partial charge in [0, 0.05) is 11.3 Å². The molecule has 2 rings (SSSR count). The second-order valence-electron chi connectivity index (χ2n) is 5.14. The lowest BCUT2D eigenvalue weighted by atomic mass is 10.1. The number of hydrogen-bond acceptors (Lipinski definition) is 3. The van der Waals surface area contributed by atoms with E-state index in [-0.39, 0.29) is 5.57 Å². The van der Waals surface area contributed by atoms with Crippen LogP contribution in [0.4, 0.5) is 5.69 Å². The van der Waals surface area contributed by atoms with Gasteiger partial charge in [-0.25, -0.2) is 0 Å². The van der Waals surface area contributed by atoms with E-state index in [1.807, 2.05) is 25.1 Å². The van der Waals surface area contributed by atoms with Gasteiger partial charge in [-0.15, -0.1) is 0 Å². The average Bonchev–Trinajstić information content (AvgIpc) is 2.61. The van der Waals surface area contributed by atoms with Crippen molar-refractivity contribution in [2.45, 2.75) is 13.3 Å². The summed E-state index contributed by atoms with van der Waals surface area (Å²) in [5, 5.41) is 12.7. The fourth-order valence-electron chi connectivity index (χ4n) is 2.02. The minimum atomic E-state index is -0.536. The largest absolute Gasteiger partial charge is 0.493 e. The molecule has 0 fully saturated rings. The first kappa shape index (κ1) is 18.9. The van der Waals surface area contributed by atoms with Gasteiger partial charge in [0.05, 0.1) is 16.7 Å². The molecule has 2 aromatic rings. The Balaban J connectivity index is 2.23. The van der Waals surface area contributed by atoms with E-state index in [2.05, 4.69) is 5.32 Å². The highest BCUT2D eigenvalue weighted by molar-refractivity contribution is 6.42. The van der Waals surface area contributed by atoms with Crippen molar-refractivity contribution in [3.05, 3.63) is 63.6 Å². The number of benzene rings is 2. The Morgan fingerprint density at radius 1 is 1.24 bits per heavy atom. The summed E-state index contributed by atoms with van der Waals surface area (Å²) < 4.78 is 5.64. The summed E-state index contributed by atoms with van der Waals surface area (Å²) in [5.74, 6) is 0.0885. The van der Waals surface area contributed by atoms with E-state index < -0.39 is 5.91 Å². The Labute approximate surface area is 156 Å². The van der Waals surface area contributed by atoms with Crippen molar-refractivity contribution in [3.63, 3.8) is 0 Å². The molecule has 25 heavy (non-hydrogen) atoms. The molecule has 0 saturated carbocycles. The minimum Gasteiger partial charge on any atom is -0.493 e. The van der Waals surface area contributed by atoms with Crippen LogP contribution in [0.3, 0.4) is 0 Å². The standard InChI is InChI=1S/C19H16Cl2N2O2/c1-2-9-25-18-6-4-3-5-13(18)10-14(12-22)19(24)23-15-7-8-16(20)17(21)11-15/h3-8,10-11H,2,9H2,1H3,(H,23,24)/b14-10+. The number of nitriles is 1. The van der Waals surface area contributed by atoms with Crippen molar-refractivity contribution in [3.8, 4) is 11.8 Å². The van der Waals surface area contributed by atoms with Crippen LogP contribution < -0.4 is 10.1 Å². The third-order valence-electron chi connectivity index (χ3n) is 3.22. The number of para-hydroxylation sites is 1. The quantitative estimate of drug-likeness (QED) is 0.549. The third kappa shape index (κ3) is 5.25. The van der Waals surface area contributed by atoms with Crippen molar-refractivity contribution in [2.24, 2.45) is 0 Å². The SMILES string of the molecule is CCCOc1ccccc1/C=C(\C#N)C(=O)Nc1ccc(Cl)c(Cl)c1. The van der Waals surface area contributed by atoms with Gasteiger partial charge in [-0.2, -0.15) is 5.26 Å². The summed E-state index contributed by atoms with van der Waals surface area (Å²) in [6, 6.07) is 13.9. The van der Waals surface area contributed by atoms with E-state index >= 15 is 0 Å². The van der Waals surface area contributed by atoms with E-state index in [4.69, 9.17) is 27.9 Å². The predicted molar refractivity (Wildman–Crippen MR) is 101 cm³/mol. The Bertz CT molecular complexity index is 842.